The summed E-state index contributed by atoms with van der Waals surface area (Å²) < 4.78 is 5.05. The maximum atomic E-state index is 12.1. The molecule has 2 N–H and O–H groups in total. The van der Waals surface area contributed by atoms with Crippen molar-refractivity contribution in [3.63, 3.8) is 0 Å². The van der Waals surface area contributed by atoms with Crippen LogP contribution in [0, 0.1) is 20.8 Å². The van der Waals surface area contributed by atoms with Gasteiger partial charge in [0.15, 0.2) is 0 Å². The van der Waals surface area contributed by atoms with Crippen molar-refractivity contribution in [3.05, 3.63) is 40.8 Å². The molecule has 0 spiro atoms. The number of anilines is 2. The summed E-state index contributed by atoms with van der Waals surface area (Å²) in [5.41, 5.74) is 3.76. The van der Waals surface area contributed by atoms with Crippen LogP contribution in [0.3, 0.4) is 0 Å². The van der Waals surface area contributed by atoms with Crippen LogP contribution in [0.25, 0.3) is 0 Å². The Morgan fingerprint density at radius 3 is 2.50 bits per heavy atom. The minimum absolute atomic E-state index is 0.151. The third kappa shape index (κ3) is 3.72. The zero-order valence-electron chi connectivity index (χ0n) is 13.1. The lowest BCUT2D eigenvalue weighted by atomic mass is 10.1. The molecule has 2 rings (SSSR count). The SMILES string of the molecule is CC(=O)Nc1cc(NC(=O)Cc2c(C)noc2C)ccc1C. The lowest BCUT2D eigenvalue weighted by Gasteiger charge is -2.10. The molecule has 0 aliphatic carbocycles. The summed E-state index contributed by atoms with van der Waals surface area (Å²) in [7, 11) is 0. The summed E-state index contributed by atoms with van der Waals surface area (Å²) in [5, 5.41) is 9.38. The van der Waals surface area contributed by atoms with Crippen molar-refractivity contribution < 1.29 is 14.1 Å². The van der Waals surface area contributed by atoms with E-state index in [0.717, 1.165) is 16.8 Å². The first-order chi connectivity index (χ1) is 10.4. The number of carbonyl (C=O) groups excluding carboxylic acids is 2. The third-order valence-corrected chi connectivity index (χ3v) is 3.35. The average Bonchev–Trinajstić information content (AvgIpc) is 2.74. The second kappa shape index (κ2) is 6.43. The summed E-state index contributed by atoms with van der Waals surface area (Å²) >= 11 is 0. The number of benzene rings is 1. The van der Waals surface area contributed by atoms with E-state index in [4.69, 9.17) is 4.52 Å². The zero-order valence-corrected chi connectivity index (χ0v) is 13.1. The van der Waals surface area contributed by atoms with Crippen LogP contribution in [0.15, 0.2) is 22.7 Å². The van der Waals surface area contributed by atoms with Crippen molar-refractivity contribution in [2.45, 2.75) is 34.1 Å². The van der Waals surface area contributed by atoms with E-state index >= 15 is 0 Å². The van der Waals surface area contributed by atoms with Gasteiger partial charge in [-0.1, -0.05) is 11.2 Å². The number of amides is 2. The van der Waals surface area contributed by atoms with Gasteiger partial charge < -0.3 is 15.2 Å². The van der Waals surface area contributed by atoms with Crippen molar-refractivity contribution in [1.82, 2.24) is 5.16 Å². The number of carbonyl (C=O) groups is 2. The van der Waals surface area contributed by atoms with Gasteiger partial charge in [-0.25, -0.2) is 0 Å². The van der Waals surface area contributed by atoms with Crippen LogP contribution >= 0.6 is 0 Å². The minimum atomic E-state index is -0.160. The first kappa shape index (κ1) is 15.8. The molecule has 0 aliphatic heterocycles. The monoisotopic (exact) mass is 301 g/mol. The Balaban J connectivity index is 2.10. The highest BCUT2D eigenvalue weighted by atomic mass is 16.5. The fraction of sp³-hybridized carbons (Fsp3) is 0.312. The Bertz CT molecular complexity index is 700. The normalized spacial score (nSPS) is 10.4. The van der Waals surface area contributed by atoms with Crippen LogP contribution in [0.5, 0.6) is 0 Å². The van der Waals surface area contributed by atoms with E-state index in [0.29, 0.717) is 17.1 Å². The average molecular weight is 301 g/mol. The molecular formula is C16H19N3O3. The fourth-order valence-corrected chi connectivity index (χ4v) is 2.14. The molecule has 1 heterocycles. The van der Waals surface area contributed by atoms with Crippen LogP contribution in [0.4, 0.5) is 11.4 Å². The molecule has 116 valence electrons. The fourth-order valence-electron chi connectivity index (χ4n) is 2.14. The van der Waals surface area contributed by atoms with E-state index in [1.54, 1.807) is 26.0 Å². The molecule has 2 amide bonds. The molecule has 0 atom stereocenters. The van der Waals surface area contributed by atoms with E-state index in [2.05, 4.69) is 15.8 Å². The molecule has 2 aromatic rings. The smallest absolute Gasteiger partial charge is 0.229 e. The number of rotatable bonds is 4. The molecule has 0 aliphatic rings. The van der Waals surface area contributed by atoms with E-state index in [-0.39, 0.29) is 18.2 Å². The van der Waals surface area contributed by atoms with Gasteiger partial charge in [0.05, 0.1) is 12.1 Å². The number of aryl methyl sites for hydroxylation is 3. The Morgan fingerprint density at radius 1 is 1.18 bits per heavy atom. The van der Waals surface area contributed by atoms with Crippen molar-refractivity contribution >= 4 is 23.2 Å². The first-order valence-corrected chi connectivity index (χ1v) is 6.96. The Morgan fingerprint density at radius 2 is 1.91 bits per heavy atom. The van der Waals surface area contributed by atoms with Gasteiger partial charge in [-0.2, -0.15) is 0 Å². The van der Waals surface area contributed by atoms with Gasteiger partial charge in [-0.05, 0) is 38.5 Å². The molecular weight excluding hydrogens is 282 g/mol. The van der Waals surface area contributed by atoms with Crippen LogP contribution < -0.4 is 10.6 Å². The quantitative estimate of drug-likeness (QED) is 0.909. The van der Waals surface area contributed by atoms with E-state index in [9.17, 15) is 9.59 Å². The number of aromatic nitrogens is 1. The van der Waals surface area contributed by atoms with Gasteiger partial charge in [0.25, 0.3) is 0 Å². The molecule has 0 fully saturated rings. The van der Waals surface area contributed by atoms with Gasteiger partial charge in [0, 0.05) is 23.9 Å². The molecule has 1 aromatic heterocycles. The molecule has 6 nitrogen and oxygen atoms in total. The lowest BCUT2D eigenvalue weighted by Crippen LogP contribution is -2.15. The molecule has 1 aromatic carbocycles. The molecule has 0 saturated heterocycles. The highest BCUT2D eigenvalue weighted by molar-refractivity contribution is 5.94. The third-order valence-electron chi connectivity index (χ3n) is 3.35. The van der Waals surface area contributed by atoms with E-state index in [1.165, 1.54) is 6.92 Å². The van der Waals surface area contributed by atoms with E-state index < -0.39 is 0 Å². The van der Waals surface area contributed by atoms with Crippen LogP contribution in [-0.2, 0) is 16.0 Å². The lowest BCUT2D eigenvalue weighted by molar-refractivity contribution is -0.116. The van der Waals surface area contributed by atoms with Crippen LogP contribution in [0.1, 0.15) is 29.5 Å². The highest BCUT2D eigenvalue weighted by Gasteiger charge is 2.14. The van der Waals surface area contributed by atoms with Crippen LogP contribution in [-0.4, -0.2) is 17.0 Å². The summed E-state index contributed by atoms with van der Waals surface area (Å²) in [6.07, 6.45) is 0.199. The maximum absolute atomic E-state index is 12.1. The number of hydrogen-bond acceptors (Lipinski definition) is 4. The predicted octanol–water partition coefficient (Wildman–Crippen LogP) is 2.74. The minimum Gasteiger partial charge on any atom is -0.361 e. The molecule has 0 saturated carbocycles. The first-order valence-electron chi connectivity index (χ1n) is 6.96. The zero-order chi connectivity index (χ0) is 16.3. The van der Waals surface area contributed by atoms with Crippen LogP contribution in [0.2, 0.25) is 0 Å². The molecule has 0 radical (unpaired) electrons. The Hall–Kier alpha value is -2.63. The molecule has 0 bridgehead atoms. The van der Waals surface area contributed by atoms with E-state index in [1.807, 2.05) is 13.0 Å². The van der Waals surface area contributed by atoms with Gasteiger partial charge >= 0.3 is 0 Å². The molecule has 0 unspecified atom stereocenters. The van der Waals surface area contributed by atoms with Crippen molar-refractivity contribution in [1.29, 1.82) is 0 Å². The Labute approximate surface area is 128 Å². The Kier molecular flexibility index (Phi) is 4.60. The molecule has 6 heteroatoms. The standard InChI is InChI=1S/C16H19N3O3/c1-9-5-6-13(7-15(9)17-12(4)20)18-16(21)8-14-10(2)19-22-11(14)3/h5-7H,8H2,1-4H3,(H,17,20)(H,18,21). The predicted molar refractivity (Wildman–Crippen MR) is 83.8 cm³/mol. The topological polar surface area (TPSA) is 84.2 Å². The van der Waals surface area contributed by atoms with Gasteiger partial charge in [0.2, 0.25) is 11.8 Å². The highest BCUT2D eigenvalue weighted by Crippen LogP contribution is 2.21. The summed E-state index contributed by atoms with van der Waals surface area (Å²) in [6, 6.07) is 5.38. The second-order valence-electron chi connectivity index (χ2n) is 5.24. The van der Waals surface area contributed by atoms with Crippen molar-refractivity contribution in [3.8, 4) is 0 Å². The second-order valence-corrected chi connectivity index (χ2v) is 5.24. The largest absolute Gasteiger partial charge is 0.361 e. The van der Waals surface area contributed by atoms with Crippen molar-refractivity contribution in [2.75, 3.05) is 10.6 Å². The summed E-state index contributed by atoms with van der Waals surface area (Å²) in [5.74, 6) is 0.338. The number of nitrogens with zero attached hydrogens (tertiary/aromatic N) is 1. The van der Waals surface area contributed by atoms with Gasteiger partial charge in [-0.3, -0.25) is 9.59 Å². The maximum Gasteiger partial charge on any atom is 0.229 e. The van der Waals surface area contributed by atoms with Gasteiger partial charge in [0.1, 0.15) is 5.76 Å². The van der Waals surface area contributed by atoms with Crippen molar-refractivity contribution in [2.24, 2.45) is 0 Å². The summed E-state index contributed by atoms with van der Waals surface area (Å²) in [6.45, 7) is 6.92. The molecule has 22 heavy (non-hydrogen) atoms. The van der Waals surface area contributed by atoms with Gasteiger partial charge in [-0.15, -0.1) is 0 Å². The number of hydrogen-bond donors (Lipinski definition) is 2. The number of nitrogens with one attached hydrogen (secondary N) is 2. The summed E-state index contributed by atoms with van der Waals surface area (Å²) in [4.78, 5) is 23.3.